The summed E-state index contributed by atoms with van der Waals surface area (Å²) in [7, 11) is 0. The van der Waals surface area contributed by atoms with Crippen molar-refractivity contribution >= 4 is 17.8 Å². The molecule has 1 N–H and O–H groups in total. The van der Waals surface area contributed by atoms with Gasteiger partial charge in [-0.3, -0.25) is 14.4 Å². The predicted octanol–water partition coefficient (Wildman–Crippen LogP) is 1.36. The topological polar surface area (TPSA) is 77.9 Å². The first-order valence-corrected chi connectivity index (χ1v) is 7.77. The minimum absolute atomic E-state index is 0.0773. The molecule has 1 unspecified atom stereocenters. The summed E-state index contributed by atoms with van der Waals surface area (Å²) >= 11 is 0. The van der Waals surface area contributed by atoms with Crippen molar-refractivity contribution in [3.8, 4) is 0 Å². The van der Waals surface area contributed by atoms with Gasteiger partial charge in [0.25, 0.3) is 0 Å². The lowest BCUT2D eigenvalue weighted by Gasteiger charge is -2.23. The summed E-state index contributed by atoms with van der Waals surface area (Å²) in [6.07, 6.45) is 0.722. The molecule has 1 aliphatic heterocycles. The van der Waals surface area contributed by atoms with E-state index in [1.54, 1.807) is 9.80 Å². The highest BCUT2D eigenvalue weighted by Gasteiger charge is 2.30. The molecular formula is C17H22N2O4. The molecule has 0 bridgehead atoms. The third kappa shape index (κ3) is 4.81. The molecule has 124 valence electrons. The highest BCUT2D eigenvalue weighted by molar-refractivity contribution is 5.80. The van der Waals surface area contributed by atoms with Crippen molar-refractivity contribution in [2.75, 3.05) is 19.6 Å². The number of aliphatic carboxylic acids is 1. The van der Waals surface area contributed by atoms with Crippen LogP contribution in [0.25, 0.3) is 0 Å². The van der Waals surface area contributed by atoms with E-state index in [1.807, 2.05) is 30.3 Å². The third-order valence-electron chi connectivity index (χ3n) is 4.15. The van der Waals surface area contributed by atoms with Crippen LogP contribution in [0.1, 0.15) is 25.3 Å². The van der Waals surface area contributed by atoms with Crippen LogP contribution in [0.4, 0.5) is 0 Å². The van der Waals surface area contributed by atoms with Crippen LogP contribution in [0.15, 0.2) is 30.3 Å². The standard InChI is InChI=1S/C17H22N2O4/c1-13(20)18(11-14-5-3-2-4-6-14)10-8-16(21)19-9-7-15(12-19)17(22)23/h2-6,15H,7-12H2,1H3,(H,22,23). The number of nitrogens with zero attached hydrogens (tertiary/aromatic N) is 2. The lowest BCUT2D eigenvalue weighted by Crippen LogP contribution is -2.35. The Hall–Kier alpha value is -2.37. The van der Waals surface area contributed by atoms with E-state index in [4.69, 9.17) is 5.11 Å². The molecule has 1 saturated heterocycles. The quantitative estimate of drug-likeness (QED) is 0.859. The van der Waals surface area contributed by atoms with Gasteiger partial charge in [-0.05, 0) is 12.0 Å². The fraction of sp³-hybridized carbons (Fsp3) is 0.471. The second-order valence-corrected chi connectivity index (χ2v) is 5.84. The monoisotopic (exact) mass is 318 g/mol. The Morgan fingerprint density at radius 1 is 1.26 bits per heavy atom. The molecule has 2 rings (SSSR count). The molecule has 6 heteroatoms. The Morgan fingerprint density at radius 2 is 1.96 bits per heavy atom. The molecule has 1 atom stereocenters. The largest absolute Gasteiger partial charge is 0.481 e. The molecule has 1 aliphatic rings. The van der Waals surface area contributed by atoms with Gasteiger partial charge < -0.3 is 14.9 Å². The Balaban J connectivity index is 1.85. The van der Waals surface area contributed by atoms with Gasteiger partial charge >= 0.3 is 5.97 Å². The summed E-state index contributed by atoms with van der Waals surface area (Å²) in [6.45, 7) is 3.06. The summed E-state index contributed by atoms with van der Waals surface area (Å²) in [4.78, 5) is 38.1. The molecule has 1 aromatic rings. The van der Waals surface area contributed by atoms with Crippen LogP contribution in [0.2, 0.25) is 0 Å². The molecular weight excluding hydrogens is 296 g/mol. The lowest BCUT2D eigenvalue weighted by atomic mass is 10.1. The zero-order chi connectivity index (χ0) is 16.8. The van der Waals surface area contributed by atoms with Crippen LogP contribution in [0, 0.1) is 5.92 Å². The summed E-state index contributed by atoms with van der Waals surface area (Å²) < 4.78 is 0. The van der Waals surface area contributed by atoms with Gasteiger partial charge in [0.1, 0.15) is 0 Å². The van der Waals surface area contributed by atoms with Gasteiger partial charge in [0.2, 0.25) is 11.8 Å². The minimum atomic E-state index is -0.852. The van der Waals surface area contributed by atoms with Crippen LogP contribution in [0.3, 0.4) is 0 Å². The molecule has 6 nitrogen and oxygen atoms in total. The van der Waals surface area contributed by atoms with E-state index in [0.29, 0.717) is 26.1 Å². The van der Waals surface area contributed by atoms with Gasteiger partial charge in [0, 0.05) is 39.5 Å². The number of carbonyl (C=O) groups excluding carboxylic acids is 2. The van der Waals surface area contributed by atoms with Crippen LogP contribution in [-0.4, -0.2) is 52.3 Å². The van der Waals surface area contributed by atoms with Gasteiger partial charge in [0.05, 0.1) is 5.92 Å². The highest BCUT2D eigenvalue weighted by Crippen LogP contribution is 2.17. The zero-order valence-electron chi connectivity index (χ0n) is 13.3. The molecule has 23 heavy (non-hydrogen) atoms. The smallest absolute Gasteiger partial charge is 0.308 e. The van der Waals surface area contributed by atoms with Gasteiger partial charge in [0.15, 0.2) is 0 Å². The van der Waals surface area contributed by atoms with E-state index in [1.165, 1.54) is 6.92 Å². The van der Waals surface area contributed by atoms with Crippen molar-refractivity contribution in [3.63, 3.8) is 0 Å². The van der Waals surface area contributed by atoms with Gasteiger partial charge in [-0.1, -0.05) is 30.3 Å². The third-order valence-corrected chi connectivity index (χ3v) is 4.15. The number of rotatable bonds is 6. The maximum Gasteiger partial charge on any atom is 0.308 e. The molecule has 0 spiro atoms. The van der Waals surface area contributed by atoms with Crippen molar-refractivity contribution in [1.29, 1.82) is 0 Å². The lowest BCUT2D eigenvalue weighted by molar-refractivity contribution is -0.141. The van der Waals surface area contributed by atoms with E-state index >= 15 is 0 Å². The van der Waals surface area contributed by atoms with E-state index < -0.39 is 11.9 Å². The SMILES string of the molecule is CC(=O)N(CCC(=O)N1CCC(C(=O)O)C1)Cc1ccccc1. The predicted molar refractivity (Wildman–Crippen MR) is 84.5 cm³/mol. The maximum absolute atomic E-state index is 12.2. The highest BCUT2D eigenvalue weighted by atomic mass is 16.4. The molecule has 1 aromatic carbocycles. The van der Waals surface area contributed by atoms with Crippen molar-refractivity contribution in [3.05, 3.63) is 35.9 Å². The zero-order valence-corrected chi connectivity index (χ0v) is 13.3. The second-order valence-electron chi connectivity index (χ2n) is 5.84. The molecule has 1 fully saturated rings. The Morgan fingerprint density at radius 3 is 2.52 bits per heavy atom. The fourth-order valence-corrected chi connectivity index (χ4v) is 2.73. The average Bonchev–Trinajstić information content (AvgIpc) is 3.02. The number of hydrogen-bond acceptors (Lipinski definition) is 3. The summed E-state index contributed by atoms with van der Waals surface area (Å²) in [5.41, 5.74) is 1.02. The molecule has 1 heterocycles. The van der Waals surface area contributed by atoms with Crippen molar-refractivity contribution in [2.24, 2.45) is 5.92 Å². The van der Waals surface area contributed by atoms with E-state index in [-0.39, 0.29) is 24.8 Å². The number of carboxylic acid groups (broad SMARTS) is 1. The number of amides is 2. The van der Waals surface area contributed by atoms with Crippen molar-refractivity contribution in [1.82, 2.24) is 9.80 Å². The van der Waals surface area contributed by atoms with Crippen LogP contribution in [-0.2, 0) is 20.9 Å². The first-order chi connectivity index (χ1) is 11.0. The number of likely N-dealkylation sites (tertiary alicyclic amines) is 1. The summed E-state index contributed by atoms with van der Waals surface area (Å²) in [5, 5.41) is 8.98. The first kappa shape index (κ1) is 17.0. The van der Waals surface area contributed by atoms with Gasteiger partial charge in [-0.25, -0.2) is 0 Å². The summed E-state index contributed by atoms with van der Waals surface area (Å²) in [6, 6.07) is 9.62. The Kier molecular flexibility index (Phi) is 5.73. The fourth-order valence-electron chi connectivity index (χ4n) is 2.73. The van der Waals surface area contributed by atoms with Crippen LogP contribution < -0.4 is 0 Å². The number of hydrogen-bond donors (Lipinski definition) is 1. The second kappa shape index (κ2) is 7.76. The molecule has 0 aromatic heterocycles. The molecule has 0 saturated carbocycles. The van der Waals surface area contributed by atoms with Crippen LogP contribution >= 0.6 is 0 Å². The van der Waals surface area contributed by atoms with Gasteiger partial charge in [-0.15, -0.1) is 0 Å². The average molecular weight is 318 g/mol. The molecule has 2 amide bonds. The number of carbonyl (C=O) groups is 3. The Bertz CT molecular complexity index is 573. The normalized spacial score (nSPS) is 17.1. The van der Waals surface area contributed by atoms with Crippen molar-refractivity contribution < 1.29 is 19.5 Å². The van der Waals surface area contributed by atoms with E-state index in [0.717, 1.165) is 5.56 Å². The summed E-state index contributed by atoms with van der Waals surface area (Å²) in [5.74, 6) is -1.48. The molecule has 0 aliphatic carbocycles. The van der Waals surface area contributed by atoms with Crippen molar-refractivity contribution in [2.45, 2.75) is 26.3 Å². The van der Waals surface area contributed by atoms with Gasteiger partial charge in [-0.2, -0.15) is 0 Å². The number of carboxylic acids is 1. The van der Waals surface area contributed by atoms with E-state index in [2.05, 4.69) is 0 Å². The Labute approximate surface area is 135 Å². The minimum Gasteiger partial charge on any atom is -0.481 e. The number of benzene rings is 1. The van der Waals surface area contributed by atoms with Crippen LogP contribution in [0.5, 0.6) is 0 Å². The molecule has 0 radical (unpaired) electrons. The maximum atomic E-state index is 12.2. The van der Waals surface area contributed by atoms with E-state index in [9.17, 15) is 14.4 Å². The first-order valence-electron chi connectivity index (χ1n) is 7.77.